The van der Waals surface area contributed by atoms with Crippen molar-refractivity contribution in [2.45, 2.75) is 19.4 Å². The van der Waals surface area contributed by atoms with Crippen molar-refractivity contribution in [2.24, 2.45) is 0 Å². The van der Waals surface area contributed by atoms with E-state index in [2.05, 4.69) is 10.6 Å². The van der Waals surface area contributed by atoms with Gasteiger partial charge in [-0.15, -0.1) is 0 Å². The Morgan fingerprint density at radius 2 is 1.64 bits per heavy atom. The van der Waals surface area contributed by atoms with Crippen LogP contribution in [0.5, 0.6) is 0 Å². The zero-order chi connectivity index (χ0) is 24.5. The number of nitrogens with one attached hydrogen (secondary N) is 3. The maximum absolute atomic E-state index is 13.6. The Balaban J connectivity index is 1.84. The molecular weight excluding hydrogens is 445 g/mol. The number of amides is 3. The monoisotopic (exact) mass is 462 g/mol. The summed E-state index contributed by atoms with van der Waals surface area (Å²) in [6.45, 7) is 0.590. The van der Waals surface area contributed by atoms with Gasteiger partial charge in [0.25, 0.3) is 5.91 Å². The van der Waals surface area contributed by atoms with E-state index < -0.39 is 59.5 Å². The highest BCUT2D eigenvalue weighted by molar-refractivity contribution is 5.97. The lowest BCUT2D eigenvalue weighted by Gasteiger charge is -2.14. The normalized spacial score (nSPS) is 11.0. The molecule has 0 bridgehead atoms. The lowest BCUT2D eigenvalue weighted by Crippen LogP contribution is -2.40. The number of rotatable bonds is 8. The Morgan fingerprint density at radius 1 is 0.970 bits per heavy atom. The number of hydrogen-bond donors (Lipinski definition) is 3. The molecule has 0 fully saturated rings. The average molecular weight is 462 g/mol. The molecule has 0 saturated heterocycles. The first-order valence-corrected chi connectivity index (χ1v) is 9.31. The molecule has 2 aromatic rings. The van der Waals surface area contributed by atoms with Crippen LogP contribution in [0.4, 0.5) is 24.5 Å². The van der Waals surface area contributed by atoms with E-state index in [0.717, 1.165) is 6.07 Å². The summed E-state index contributed by atoms with van der Waals surface area (Å²) in [4.78, 5) is 47.4. The van der Waals surface area contributed by atoms with Gasteiger partial charge in [-0.1, -0.05) is 0 Å². The minimum atomic E-state index is -1.75. The van der Waals surface area contributed by atoms with Crippen molar-refractivity contribution in [3.8, 4) is 6.07 Å². The second kappa shape index (κ2) is 11.3. The predicted molar refractivity (Wildman–Crippen MR) is 108 cm³/mol. The molecule has 0 unspecified atom stereocenters. The molecule has 0 aliphatic carbocycles. The number of carbonyl (C=O) groups excluding carboxylic acids is 4. The van der Waals surface area contributed by atoms with Crippen molar-refractivity contribution in [1.29, 1.82) is 5.26 Å². The van der Waals surface area contributed by atoms with Gasteiger partial charge in [0.1, 0.15) is 6.42 Å². The molecule has 2 aromatic carbocycles. The van der Waals surface area contributed by atoms with Crippen molar-refractivity contribution in [1.82, 2.24) is 5.32 Å². The van der Waals surface area contributed by atoms with Crippen molar-refractivity contribution in [2.75, 3.05) is 17.2 Å². The highest BCUT2D eigenvalue weighted by Crippen LogP contribution is 2.19. The molecule has 2 rings (SSSR count). The number of benzene rings is 2. The van der Waals surface area contributed by atoms with Crippen molar-refractivity contribution >= 4 is 35.1 Å². The molecule has 0 aliphatic rings. The average Bonchev–Trinajstić information content (AvgIpc) is 2.78. The van der Waals surface area contributed by atoms with Crippen LogP contribution in [0.25, 0.3) is 0 Å². The van der Waals surface area contributed by atoms with Crippen LogP contribution in [0.15, 0.2) is 36.4 Å². The van der Waals surface area contributed by atoms with Gasteiger partial charge in [0, 0.05) is 5.69 Å². The maximum Gasteiger partial charge on any atom is 0.338 e. The molecule has 0 saturated carbocycles. The molecule has 3 amide bonds. The predicted octanol–water partition coefficient (Wildman–Crippen LogP) is 2.26. The number of halogens is 3. The van der Waals surface area contributed by atoms with Crippen LogP contribution in [-0.2, 0) is 19.1 Å². The molecule has 0 aromatic heterocycles. The van der Waals surface area contributed by atoms with E-state index in [1.807, 2.05) is 5.32 Å². The first-order chi connectivity index (χ1) is 15.6. The number of hydrogen-bond acceptors (Lipinski definition) is 6. The summed E-state index contributed by atoms with van der Waals surface area (Å²) >= 11 is 0. The number of ether oxygens (including phenoxy) is 1. The van der Waals surface area contributed by atoms with Gasteiger partial charge >= 0.3 is 5.97 Å². The summed E-state index contributed by atoms with van der Waals surface area (Å²) in [5.41, 5.74) is -0.194. The van der Waals surface area contributed by atoms with Crippen LogP contribution in [0, 0.1) is 28.8 Å². The molecule has 12 heteroatoms. The quantitative estimate of drug-likeness (QED) is 0.407. The van der Waals surface area contributed by atoms with E-state index in [1.54, 1.807) is 6.07 Å². The third kappa shape index (κ3) is 7.06. The summed E-state index contributed by atoms with van der Waals surface area (Å²) in [5, 5.41) is 15.0. The van der Waals surface area contributed by atoms with Crippen LogP contribution in [0.1, 0.15) is 23.7 Å². The van der Waals surface area contributed by atoms with Crippen molar-refractivity contribution in [3.63, 3.8) is 0 Å². The van der Waals surface area contributed by atoms with Gasteiger partial charge in [-0.2, -0.15) is 5.26 Å². The first-order valence-electron chi connectivity index (χ1n) is 9.31. The Kier molecular flexibility index (Phi) is 8.50. The van der Waals surface area contributed by atoms with E-state index in [1.165, 1.54) is 31.2 Å². The molecule has 172 valence electrons. The van der Waals surface area contributed by atoms with Gasteiger partial charge in [0.05, 0.1) is 23.9 Å². The SMILES string of the molecule is C[C@H](OC(=O)c1ccc(NC(=O)CC#N)cc1)C(=O)NCC(=O)Nc1ccc(F)c(F)c1F. The minimum absolute atomic E-state index is 0.0690. The molecule has 0 radical (unpaired) electrons. The van der Waals surface area contributed by atoms with E-state index in [9.17, 15) is 32.3 Å². The van der Waals surface area contributed by atoms with Crippen molar-refractivity contribution in [3.05, 3.63) is 59.4 Å². The Morgan fingerprint density at radius 3 is 2.27 bits per heavy atom. The zero-order valence-electron chi connectivity index (χ0n) is 17.1. The smallest absolute Gasteiger partial charge is 0.338 e. The molecule has 0 aliphatic heterocycles. The molecular formula is C21H17F3N4O5. The minimum Gasteiger partial charge on any atom is -0.449 e. The van der Waals surface area contributed by atoms with Gasteiger partial charge in [-0.05, 0) is 43.3 Å². The summed E-state index contributed by atoms with van der Waals surface area (Å²) < 4.78 is 44.7. The molecule has 1 atom stereocenters. The summed E-state index contributed by atoms with van der Waals surface area (Å²) in [5.74, 6) is -7.92. The molecule has 33 heavy (non-hydrogen) atoms. The maximum atomic E-state index is 13.6. The van der Waals surface area contributed by atoms with Crippen LogP contribution >= 0.6 is 0 Å². The largest absolute Gasteiger partial charge is 0.449 e. The second-order valence-electron chi connectivity index (χ2n) is 6.50. The number of nitriles is 1. The number of nitrogens with zero attached hydrogens (tertiary/aromatic N) is 1. The van der Waals surface area contributed by atoms with Gasteiger partial charge in [0.15, 0.2) is 23.6 Å². The Hall–Kier alpha value is -4.40. The van der Waals surface area contributed by atoms with Gasteiger partial charge in [-0.3, -0.25) is 14.4 Å². The number of anilines is 2. The second-order valence-corrected chi connectivity index (χ2v) is 6.50. The van der Waals surface area contributed by atoms with Crippen LogP contribution in [0.2, 0.25) is 0 Å². The van der Waals surface area contributed by atoms with Gasteiger partial charge in [0.2, 0.25) is 11.8 Å². The first kappa shape index (κ1) is 24.9. The Bertz CT molecular complexity index is 1120. The fraction of sp³-hybridized carbons (Fsp3) is 0.190. The topological polar surface area (TPSA) is 137 Å². The summed E-state index contributed by atoms with van der Waals surface area (Å²) in [6.07, 6.45) is -1.63. The van der Waals surface area contributed by atoms with Crippen LogP contribution < -0.4 is 16.0 Å². The lowest BCUT2D eigenvalue weighted by atomic mass is 10.2. The fourth-order valence-corrected chi connectivity index (χ4v) is 2.38. The van der Waals surface area contributed by atoms with E-state index in [4.69, 9.17) is 10.00 Å². The van der Waals surface area contributed by atoms with E-state index in [0.29, 0.717) is 11.8 Å². The molecule has 9 nitrogen and oxygen atoms in total. The zero-order valence-corrected chi connectivity index (χ0v) is 17.1. The molecule has 3 N–H and O–H groups in total. The number of esters is 1. The van der Waals surface area contributed by atoms with Crippen molar-refractivity contribution < 1.29 is 37.1 Å². The summed E-state index contributed by atoms with van der Waals surface area (Å²) in [6, 6.07) is 8.60. The third-order valence-electron chi connectivity index (χ3n) is 4.03. The summed E-state index contributed by atoms with van der Waals surface area (Å²) in [7, 11) is 0. The van der Waals surface area contributed by atoms with Gasteiger partial charge < -0.3 is 20.7 Å². The highest BCUT2D eigenvalue weighted by atomic mass is 19.2. The van der Waals surface area contributed by atoms with E-state index >= 15 is 0 Å². The van der Waals surface area contributed by atoms with Crippen LogP contribution in [0.3, 0.4) is 0 Å². The fourth-order valence-electron chi connectivity index (χ4n) is 2.38. The molecule has 0 spiro atoms. The Labute approximate surface area is 185 Å². The lowest BCUT2D eigenvalue weighted by molar-refractivity contribution is -0.130. The van der Waals surface area contributed by atoms with Crippen LogP contribution in [-0.4, -0.2) is 36.3 Å². The number of carbonyl (C=O) groups is 4. The van der Waals surface area contributed by atoms with E-state index in [-0.39, 0.29) is 12.0 Å². The third-order valence-corrected chi connectivity index (χ3v) is 4.03. The highest BCUT2D eigenvalue weighted by Gasteiger charge is 2.20. The molecule has 0 heterocycles. The standard InChI is InChI=1S/C21H17F3N4O5/c1-11(33-21(32)12-2-4-13(5-3-12)27-16(29)8-9-25)20(31)26-10-17(30)28-15-7-6-14(22)18(23)19(15)24/h2-7,11H,8,10H2,1H3,(H,26,31)(H,27,29)(H,28,30)/t11-/m0/s1. The van der Waals surface area contributed by atoms with Gasteiger partial charge in [-0.25, -0.2) is 18.0 Å².